The van der Waals surface area contributed by atoms with Crippen LogP contribution in [0.1, 0.15) is 63.4 Å². The third-order valence-electron chi connectivity index (χ3n) is 9.82. The van der Waals surface area contributed by atoms with Crippen molar-refractivity contribution < 1.29 is 29.0 Å². The fraction of sp³-hybridized carbons (Fsp3) is 0.618. The van der Waals surface area contributed by atoms with E-state index in [1.165, 1.54) is 0 Å². The number of amides is 2. The quantitative estimate of drug-likeness (QED) is 0.136. The van der Waals surface area contributed by atoms with Gasteiger partial charge in [-0.15, -0.1) is 13.2 Å². The van der Waals surface area contributed by atoms with Crippen LogP contribution < -0.4 is 0 Å². The molecule has 2 amide bonds. The molecule has 5 rings (SSSR count). The molecule has 0 aromatic heterocycles. The Bertz CT molecular complexity index is 1170. The first-order chi connectivity index (χ1) is 20.9. The lowest BCUT2D eigenvalue weighted by Crippen LogP contribution is -2.60. The molecule has 4 aliphatic rings. The van der Waals surface area contributed by atoms with Crippen LogP contribution in [0, 0.1) is 11.8 Å². The molecule has 3 saturated heterocycles. The fourth-order valence-corrected chi connectivity index (χ4v) is 8.86. The Morgan fingerprint density at radius 2 is 1.91 bits per heavy atom. The van der Waals surface area contributed by atoms with E-state index < -0.39 is 41.6 Å². The van der Waals surface area contributed by atoms with E-state index in [9.17, 15) is 19.5 Å². The second-order valence-electron chi connectivity index (χ2n) is 12.5. The van der Waals surface area contributed by atoms with Crippen molar-refractivity contribution in [2.45, 2.75) is 98.9 Å². The van der Waals surface area contributed by atoms with Crippen LogP contribution in [0.2, 0.25) is 0 Å². The first-order valence-corrected chi connectivity index (χ1v) is 16.8. The van der Waals surface area contributed by atoms with Crippen LogP contribution in [0.3, 0.4) is 0 Å². The lowest BCUT2D eigenvalue weighted by molar-refractivity contribution is -0.157. The molecular formula is C34H45BrN2O6. The largest absolute Gasteiger partial charge is 0.465 e. The summed E-state index contributed by atoms with van der Waals surface area (Å²) in [5.74, 6) is -2.65. The minimum absolute atomic E-state index is 0.0445. The number of allylic oxidation sites excluding steroid dienone is 1. The van der Waals surface area contributed by atoms with Gasteiger partial charge < -0.3 is 24.4 Å². The van der Waals surface area contributed by atoms with Gasteiger partial charge in [-0.25, -0.2) is 0 Å². The third-order valence-corrected chi connectivity index (χ3v) is 10.7. The summed E-state index contributed by atoms with van der Waals surface area (Å²) in [6, 6.07) is 8.08. The Morgan fingerprint density at radius 3 is 2.58 bits per heavy atom. The fourth-order valence-electron chi connectivity index (χ4n) is 7.91. The smallest absolute Gasteiger partial charge is 0.312 e. The summed E-state index contributed by atoms with van der Waals surface area (Å²) in [5, 5.41) is 10.7. The summed E-state index contributed by atoms with van der Waals surface area (Å²) in [6.07, 6.45) is 11.2. The number of benzene rings is 1. The Kier molecular flexibility index (Phi) is 10.5. The average molecular weight is 658 g/mol. The van der Waals surface area contributed by atoms with Gasteiger partial charge in [-0.3, -0.25) is 14.4 Å². The molecule has 7 atom stereocenters. The number of hydrogen-bond acceptors (Lipinski definition) is 6. The maximum absolute atomic E-state index is 14.8. The molecule has 1 saturated carbocycles. The van der Waals surface area contributed by atoms with Crippen LogP contribution in [-0.2, 0) is 30.3 Å². The van der Waals surface area contributed by atoms with E-state index in [0.717, 1.165) is 50.5 Å². The number of unbranched alkanes of at least 4 members (excludes halogenated alkanes) is 2. The predicted octanol–water partition coefficient (Wildman–Crippen LogP) is 4.58. The van der Waals surface area contributed by atoms with Gasteiger partial charge in [0.1, 0.15) is 11.6 Å². The lowest BCUT2D eigenvalue weighted by atomic mass is 9.70. The van der Waals surface area contributed by atoms with Crippen LogP contribution in [0.4, 0.5) is 0 Å². The van der Waals surface area contributed by atoms with Gasteiger partial charge in [-0.1, -0.05) is 77.7 Å². The molecule has 3 heterocycles. The summed E-state index contributed by atoms with van der Waals surface area (Å²) in [4.78, 5) is 46.3. The summed E-state index contributed by atoms with van der Waals surface area (Å²) in [6.45, 7) is 7.97. The molecule has 4 fully saturated rings. The minimum Gasteiger partial charge on any atom is -0.465 e. The number of fused-ring (bicyclic) bond motifs is 1. The van der Waals surface area contributed by atoms with Gasteiger partial charge >= 0.3 is 5.97 Å². The van der Waals surface area contributed by atoms with E-state index in [-0.39, 0.29) is 35.9 Å². The number of halogens is 1. The first kappa shape index (κ1) is 31.9. The van der Waals surface area contributed by atoms with Gasteiger partial charge in [0.05, 0.1) is 37.2 Å². The molecular weight excluding hydrogens is 612 g/mol. The second-order valence-corrected chi connectivity index (χ2v) is 13.6. The molecule has 3 aliphatic heterocycles. The van der Waals surface area contributed by atoms with E-state index in [0.29, 0.717) is 25.8 Å². The average Bonchev–Trinajstić information content (AvgIpc) is 3.62. The number of aliphatic hydroxyl groups is 1. The monoisotopic (exact) mass is 656 g/mol. The first-order valence-electron chi connectivity index (χ1n) is 15.9. The number of ether oxygens (including phenoxy) is 2. The zero-order valence-electron chi connectivity index (χ0n) is 25.0. The number of carbonyl (C=O) groups excluding carboxylic acids is 3. The number of esters is 1. The van der Waals surface area contributed by atoms with Crippen molar-refractivity contribution in [1.29, 1.82) is 0 Å². The van der Waals surface area contributed by atoms with E-state index in [4.69, 9.17) is 9.47 Å². The zero-order valence-corrected chi connectivity index (χ0v) is 26.5. The van der Waals surface area contributed by atoms with E-state index in [1.54, 1.807) is 11.0 Å². The molecule has 1 aromatic carbocycles. The maximum atomic E-state index is 14.8. The molecule has 1 aromatic rings. The van der Waals surface area contributed by atoms with Gasteiger partial charge in [0.15, 0.2) is 0 Å². The van der Waals surface area contributed by atoms with Crippen molar-refractivity contribution in [3.8, 4) is 0 Å². The van der Waals surface area contributed by atoms with Gasteiger partial charge in [-0.2, -0.15) is 0 Å². The molecule has 234 valence electrons. The van der Waals surface area contributed by atoms with E-state index in [1.807, 2.05) is 41.3 Å². The number of likely N-dealkylation sites (tertiary alicyclic amines) is 1. The molecule has 43 heavy (non-hydrogen) atoms. The molecule has 1 aliphatic carbocycles. The second kappa shape index (κ2) is 14.1. The van der Waals surface area contributed by atoms with Gasteiger partial charge in [-0.05, 0) is 50.5 Å². The van der Waals surface area contributed by atoms with Gasteiger partial charge in [0.2, 0.25) is 11.8 Å². The number of nitrogens with zero attached hydrogens (tertiary/aromatic N) is 2. The maximum Gasteiger partial charge on any atom is 0.312 e. The van der Waals surface area contributed by atoms with Crippen molar-refractivity contribution >= 4 is 33.7 Å². The van der Waals surface area contributed by atoms with Crippen molar-refractivity contribution in [1.82, 2.24) is 9.80 Å². The van der Waals surface area contributed by atoms with Gasteiger partial charge in [0.25, 0.3) is 0 Å². The highest BCUT2D eigenvalue weighted by Gasteiger charge is 2.77. The molecule has 1 spiro atoms. The normalized spacial score (nSPS) is 30.6. The SMILES string of the molecule is C=CCCCCOC(=O)[C@H]1[C@@H]2OC3(CC2Br)C(C(=O)N(CC=C)C2CCCCC2)N([C@@H](CO)Cc2ccccc2)C(=O)[C@H]13. The van der Waals surface area contributed by atoms with E-state index in [2.05, 4.69) is 29.1 Å². The minimum atomic E-state index is -1.20. The Morgan fingerprint density at radius 1 is 1.16 bits per heavy atom. The van der Waals surface area contributed by atoms with Crippen molar-refractivity contribution in [2.75, 3.05) is 19.8 Å². The molecule has 1 N–H and O–H groups in total. The van der Waals surface area contributed by atoms with Crippen molar-refractivity contribution in [2.24, 2.45) is 11.8 Å². The summed E-state index contributed by atoms with van der Waals surface area (Å²) < 4.78 is 12.4. The Labute approximate surface area is 263 Å². The molecule has 2 bridgehead atoms. The summed E-state index contributed by atoms with van der Waals surface area (Å²) >= 11 is 3.74. The van der Waals surface area contributed by atoms with Gasteiger partial charge in [0, 0.05) is 17.4 Å². The number of alkyl halides is 1. The molecule has 3 unspecified atom stereocenters. The Balaban J connectivity index is 1.51. The number of carbonyl (C=O) groups is 3. The number of aliphatic hydroxyl groups excluding tert-OH is 1. The molecule has 8 nitrogen and oxygen atoms in total. The highest BCUT2D eigenvalue weighted by Crippen LogP contribution is 2.61. The zero-order chi connectivity index (χ0) is 30.6. The van der Waals surface area contributed by atoms with Crippen LogP contribution in [-0.4, -0.2) is 87.1 Å². The number of hydrogen-bond donors (Lipinski definition) is 1. The standard InChI is InChI=1S/C34H45BrN2O6/c1-3-5-6-13-19-42-33(41)27-28-31(39)37(25(22-38)20-23-14-9-7-10-15-23)30(34(28)21-26(35)29(27)43-34)32(40)36(18-4-2)24-16-11-8-12-17-24/h3-4,7,9-10,14-15,24-30,38H,1-2,5-6,8,11-13,16-22H2/t25-,26?,27-,28+,29-,30?,34?/m1/s1. The highest BCUT2D eigenvalue weighted by atomic mass is 79.9. The highest BCUT2D eigenvalue weighted by molar-refractivity contribution is 9.09. The lowest BCUT2D eigenvalue weighted by Gasteiger charge is -2.42. The molecule has 0 radical (unpaired) electrons. The van der Waals surface area contributed by atoms with Crippen molar-refractivity contribution in [3.63, 3.8) is 0 Å². The third kappa shape index (κ3) is 6.09. The summed E-state index contributed by atoms with van der Waals surface area (Å²) in [5.41, 5.74) is -0.248. The topological polar surface area (TPSA) is 96.4 Å². The van der Waals surface area contributed by atoms with Crippen LogP contribution >= 0.6 is 15.9 Å². The van der Waals surface area contributed by atoms with Crippen LogP contribution in [0.5, 0.6) is 0 Å². The summed E-state index contributed by atoms with van der Waals surface area (Å²) in [7, 11) is 0. The van der Waals surface area contributed by atoms with Crippen LogP contribution in [0.15, 0.2) is 55.6 Å². The molecule has 9 heteroatoms. The van der Waals surface area contributed by atoms with Crippen LogP contribution in [0.25, 0.3) is 0 Å². The number of rotatable bonds is 14. The Hall–Kier alpha value is -2.49. The predicted molar refractivity (Wildman–Crippen MR) is 167 cm³/mol. The van der Waals surface area contributed by atoms with Crippen molar-refractivity contribution in [3.05, 3.63) is 61.2 Å². The van der Waals surface area contributed by atoms with E-state index >= 15 is 0 Å².